The Bertz CT molecular complexity index is 514. The number of hydrogen-bond donors (Lipinski definition) is 1. The number of benzene rings is 1. The second-order valence-corrected chi connectivity index (χ2v) is 5.38. The average molecular weight is 279 g/mol. The number of halogens is 1. The zero-order valence-electron chi connectivity index (χ0n) is 11.5. The minimum atomic E-state index is -1.10. The molecule has 3 unspecified atom stereocenters. The lowest BCUT2D eigenvalue weighted by Gasteiger charge is -2.23. The van der Waals surface area contributed by atoms with E-state index in [1.165, 1.54) is 19.1 Å². The Hall–Kier alpha value is -1.91. The summed E-state index contributed by atoms with van der Waals surface area (Å²) >= 11 is 0. The van der Waals surface area contributed by atoms with Crippen molar-refractivity contribution in [1.82, 2.24) is 4.90 Å². The molecule has 1 aliphatic heterocycles. The molecule has 1 aromatic carbocycles. The van der Waals surface area contributed by atoms with E-state index in [1.807, 2.05) is 6.92 Å². The van der Waals surface area contributed by atoms with Crippen molar-refractivity contribution in [2.75, 3.05) is 6.54 Å². The Morgan fingerprint density at radius 3 is 2.50 bits per heavy atom. The lowest BCUT2D eigenvalue weighted by Crippen LogP contribution is -2.40. The first-order chi connectivity index (χ1) is 9.40. The molecule has 3 atom stereocenters. The third-order valence-electron chi connectivity index (χ3n) is 3.94. The van der Waals surface area contributed by atoms with Crippen LogP contribution >= 0.6 is 0 Å². The van der Waals surface area contributed by atoms with Crippen LogP contribution in [0.1, 0.15) is 31.7 Å². The van der Waals surface area contributed by atoms with Crippen LogP contribution in [0.4, 0.5) is 4.39 Å². The molecule has 1 fully saturated rings. The minimum Gasteiger partial charge on any atom is -0.481 e. The van der Waals surface area contributed by atoms with Crippen LogP contribution in [-0.2, 0) is 9.59 Å². The summed E-state index contributed by atoms with van der Waals surface area (Å²) < 4.78 is 12.9. The van der Waals surface area contributed by atoms with E-state index < -0.39 is 11.9 Å². The lowest BCUT2D eigenvalue weighted by atomic mass is 9.97. The van der Waals surface area contributed by atoms with Gasteiger partial charge in [0, 0.05) is 18.5 Å². The highest BCUT2D eigenvalue weighted by molar-refractivity contribution is 5.96. The van der Waals surface area contributed by atoms with Crippen molar-refractivity contribution in [2.45, 2.75) is 32.2 Å². The second-order valence-electron chi connectivity index (χ2n) is 5.38. The summed E-state index contributed by atoms with van der Waals surface area (Å²) in [4.78, 5) is 24.6. The summed E-state index contributed by atoms with van der Waals surface area (Å²) in [6.07, 6.45) is 0.768. The highest BCUT2D eigenvalue weighted by Crippen LogP contribution is 2.32. The van der Waals surface area contributed by atoms with Gasteiger partial charge in [-0.3, -0.25) is 9.59 Å². The zero-order chi connectivity index (χ0) is 14.9. The van der Waals surface area contributed by atoms with Gasteiger partial charge in [0.1, 0.15) is 11.7 Å². The monoisotopic (exact) mass is 279 g/mol. The number of rotatable bonds is 3. The van der Waals surface area contributed by atoms with Crippen molar-refractivity contribution in [1.29, 1.82) is 0 Å². The van der Waals surface area contributed by atoms with Gasteiger partial charge in [0.15, 0.2) is 0 Å². The number of amides is 1. The smallest absolute Gasteiger partial charge is 0.315 e. The van der Waals surface area contributed by atoms with Crippen LogP contribution in [0.2, 0.25) is 0 Å². The van der Waals surface area contributed by atoms with Crippen LogP contribution in [0, 0.1) is 11.7 Å². The van der Waals surface area contributed by atoms with Gasteiger partial charge in [-0.25, -0.2) is 4.39 Å². The first-order valence-corrected chi connectivity index (χ1v) is 6.69. The molecule has 1 amide bonds. The molecule has 0 spiro atoms. The van der Waals surface area contributed by atoms with E-state index in [2.05, 4.69) is 0 Å². The van der Waals surface area contributed by atoms with E-state index in [0.29, 0.717) is 6.54 Å². The average Bonchev–Trinajstić information content (AvgIpc) is 2.79. The highest BCUT2D eigenvalue weighted by atomic mass is 19.1. The van der Waals surface area contributed by atoms with E-state index in [1.54, 1.807) is 17.0 Å². The van der Waals surface area contributed by atoms with Gasteiger partial charge in [-0.1, -0.05) is 12.1 Å². The molecule has 0 saturated carbocycles. The topological polar surface area (TPSA) is 57.6 Å². The van der Waals surface area contributed by atoms with Gasteiger partial charge in [0.2, 0.25) is 5.91 Å². The summed E-state index contributed by atoms with van der Waals surface area (Å²) in [5, 5.41) is 8.92. The van der Waals surface area contributed by atoms with Gasteiger partial charge in [-0.05, 0) is 38.0 Å². The van der Waals surface area contributed by atoms with Gasteiger partial charge in [-0.15, -0.1) is 0 Å². The molecule has 1 aliphatic rings. The Balaban J connectivity index is 2.11. The Labute approximate surface area is 117 Å². The SMILES string of the molecule is CC(C(=O)O)C(=O)N1CC(c2ccc(F)cc2)CC1C. The molecule has 108 valence electrons. The van der Waals surface area contributed by atoms with Gasteiger partial charge < -0.3 is 10.0 Å². The molecule has 1 saturated heterocycles. The molecule has 4 nitrogen and oxygen atoms in total. The van der Waals surface area contributed by atoms with Crippen LogP contribution in [-0.4, -0.2) is 34.5 Å². The number of carbonyl (C=O) groups excluding carboxylic acids is 1. The zero-order valence-corrected chi connectivity index (χ0v) is 11.5. The van der Waals surface area contributed by atoms with Crippen molar-refractivity contribution in [2.24, 2.45) is 5.92 Å². The van der Waals surface area contributed by atoms with E-state index in [0.717, 1.165) is 12.0 Å². The lowest BCUT2D eigenvalue weighted by molar-refractivity contribution is -0.150. The van der Waals surface area contributed by atoms with Gasteiger partial charge in [0.05, 0.1) is 0 Å². The maximum Gasteiger partial charge on any atom is 0.315 e. The van der Waals surface area contributed by atoms with Crippen LogP contribution < -0.4 is 0 Å². The molecule has 20 heavy (non-hydrogen) atoms. The number of hydrogen-bond acceptors (Lipinski definition) is 2. The van der Waals surface area contributed by atoms with Crippen LogP contribution in [0.25, 0.3) is 0 Å². The first kappa shape index (κ1) is 14.5. The summed E-state index contributed by atoms with van der Waals surface area (Å²) in [6, 6.07) is 6.26. The molecule has 1 aromatic rings. The molecule has 0 radical (unpaired) electrons. The van der Waals surface area contributed by atoms with E-state index in [4.69, 9.17) is 5.11 Å². The summed E-state index contributed by atoms with van der Waals surface area (Å²) in [7, 11) is 0. The maximum absolute atomic E-state index is 12.9. The summed E-state index contributed by atoms with van der Waals surface area (Å²) in [5.41, 5.74) is 0.983. The Morgan fingerprint density at radius 2 is 1.95 bits per heavy atom. The highest BCUT2D eigenvalue weighted by Gasteiger charge is 2.36. The Morgan fingerprint density at radius 1 is 1.35 bits per heavy atom. The van der Waals surface area contributed by atoms with Gasteiger partial charge in [-0.2, -0.15) is 0 Å². The van der Waals surface area contributed by atoms with Crippen molar-refractivity contribution >= 4 is 11.9 Å². The minimum absolute atomic E-state index is 0.000599. The van der Waals surface area contributed by atoms with Crippen molar-refractivity contribution in [3.8, 4) is 0 Å². The van der Waals surface area contributed by atoms with Gasteiger partial charge in [0.25, 0.3) is 0 Å². The molecular weight excluding hydrogens is 261 g/mol. The predicted molar refractivity (Wildman–Crippen MR) is 71.7 cm³/mol. The number of carboxylic acid groups (broad SMARTS) is 1. The molecular formula is C15H18FNO3. The first-order valence-electron chi connectivity index (χ1n) is 6.69. The van der Waals surface area contributed by atoms with E-state index >= 15 is 0 Å². The molecule has 1 heterocycles. The largest absolute Gasteiger partial charge is 0.481 e. The summed E-state index contributed by atoms with van der Waals surface area (Å²) in [6.45, 7) is 3.81. The quantitative estimate of drug-likeness (QED) is 0.863. The van der Waals surface area contributed by atoms with Crippen LogP contribution in [0.3, 0.4) is 0 Å². The number of carbonyl (C=O) groups is 2. The molecule has 5 heteroatoms. The normalized spacial score (nSPS) is 23.6. The fraction of sp³-hybridized carbons (Fsp3) is 0.467. The van der Waals surface area contributed by atoms with E-state index in [-0.39, 0.29) is 23.7 Å². The van der Waals surface area contributed by atoms with Crippen LogP contribution in [0.15, 0.2) is 24.3 Å². The maximum atomic E-state index is 12.9. The number of likely N-dealkylation sites (tertiary alicyclic amines) is 1. The number of carboxylic acids is 1. The molecule has 0 aliphatic carbocycles. The van der Waals surface area contributed by atoms with E-state index in [9.17, 15) is 14.0 Å². The predicted octanol–water partition coefficient (Wildman–Crippen LogP) is 2.25. The van der Waals surface area contributed by atoms with Crippen molar-refractivity contribution < 1.29 is 19.1 Å². The Kier molecular flexibility index (Phi) is 4.06. The molecule has 0 bridgehead atoms. The fourth-order valence-corrected chi connectivity index (χ4v) is 2.67. The fourth-order valence-electron chi connectivity index (χ4n) is 2.67. The third kappa shape index (κ3) is 2.81. The number of nitrogens with zero attached hydrogens (tertiary/aromatic N) is 1. The van der Waals surface area contributed by atoms with Crippen molar-refractivity contribution in [3.05, 3.63) is 35.6 Å². The third-order valence-corrected chi connectivity index (χ3v) is 3.94. The second kappa shape index (κ2) is 5.61. The molecule has 2 rings (SSSR count). The van der Waals surface area contributed by atoms with Crippen molar-refractivity contribution in [3.63, 3.8) is 0 Å². The molecule has 0 aromatic heterocycles. The molecule has 1 N–H and O–H groups in total. The standard InChI is InChI=1S/C15H18FNO3/c1-9-7-12(11-3-5-13(16)6-4-11)8-17(9)14(18)10(2)15(19)20/h3-6,9-10,12H,7-8H2,1-2H3,(H,19,20). The van der Waals surface area contributed by atoms with Crippen LogP contribution in [0.5, 0.6) is 0 Å². The van der Waals surface area contributed by atoms with Gasteiger partial charge >= 0.3 is 5.97 Å². The number of aliphatic carboxylic acids is 1. The summed E-state index contributed by atoms with van der Waals surface area (Å²) in [5.74, 6) is -2.63.